The summed E-state index contributed by atoms with van der Waals surface area (Å²) in [5, 5.41) is 7.72. The standard InChI is InChI=1S/C14H19N5.ClH/c1-18-13(4-7-17-18)11-19-9-8-16-10-14(19)12-2-5-15-6-3-12;/h2-7,14,16H,8-11H2,1H3;1H. The van der Waals surface area contributed by atoms with E-state index in [1.807, 2.05) is 30.3 Å². The van der Waals surface area contributed by atoms with Crippen LogP contribution in [0.1, 0.15) is 17.3 Å². The molecule has 0 aliphatic carbocycles. The topological polar surface area (TPSA) is 46.0 Å². The Morgan fingerprint density at radius 1 is 1.25 bits per heavy atom. The first-order valence-electron chi connectivity index (χ1n) is 6.66. The first-order valence-corrected chi connectivity index (χ1v) is 6.66. The van der Waals surface area contributed by atoms with E-state index in [0.717, 1.165) is 26.2 Å². The van der Waals surface area contributed by atoms with Crippen molar-refractivity contribution in [3.05, 3.63) is 48.0 Å². The van der Waals surface area contributed by atoms with Gasteiger partial charge in [-0.05, 0) is 23.8 Å². The van der Waals surface area contributed by atoms with Crippen molar-refractivity contribution in [1.82, 2.24) is 25.0 Å². The van der Waals surface area contributed by atoms with Crippen molar-refractivity contribution in [3.63, 3.8) is 0 Å². The number of nitrogens with one attached hydrogen (secondary N) is 1. The summed E-state index contributed by atoms with van der Waals surface area (Å²) in [5.41, 5.74) is 2.57. The van der Waals surface area contributed by atoms with Gasteiger partial charge >= 0.3 is 0 Å². The van der Waals surface area contributed by atoms with E-state index in [1.165, 1.54) is 11.3 Å². The van der Waals surface area contributed by atoms with Crippen LogP contribution < -0.4 is 5.32 Å². The molecule has 5 nitrogen and oxygen atoms in total. The Kier molecular flexibility index (Phi) is 5.11. The van der Waals surface area contributed by atoms with Gasteiger partial charge < -0.3 is 5.32 Å². The minimum Gasteiger partial charge on any atom is -0.314 e. The summed E-state index contributed by atoms with van der Waals surface area (Å²) in [6, 6.07) is 6.71. The third kappa shape index (κ3) is 3.17. The van der Waals surface area contributed by atoms with E-state index in [9.17, 15) is 0 Å². The molecule has 3 heterocycles. The van der Waals surface area contributed by atoms with Gasteiger partial charge in [-0.3, -0.25) is 14.6 Å². The Morgan fingerprint density at radius 3 is 2.75 bits per heavy atom. The molecule has 0 spiro atoms. The molecule has 2 aromatic rings. The van der Waals surface area contributed by atoms with Gasteiger partial charge in [0.2, 0.25) is 0 Å². The van der Waals surface area contributed by atoms with Crippen molar-refractivity contribution in [2.45, 2.75) is 12.6 Å². The van der Waals surface area contributed by atoms with Crippen molar-refractivity contribution < 1.29 is 0 Å². The summed E-state index contributed by atoms with van der Waals surface area (Å²) in [6.07, 6.45) is 5.59. The van der Waals surface area contributed by atoms with Crippen molar-refractivity contribution in [3.8, 4) is 0 Å². The molecular formula is C14H20ClN5. The molecule has 1 N–H and O–H groups in total. The number of nitrogens with zero attached hydrogens (tertiary/aromatic N) is 4. The summed E-state index contributed by atoms with van der Waals surface area (Å²) in [6.45, 7) is 4.02. The Labute approximate surface area is 125 Å². The molecule has 1 unspecified atom stereocenters. The minimum absolute atomic E-state index is 0. The zero-order valence-corrected chi connectivity index (χ0v) is 12.4. The molecule has 20 heavy (non-hydrogen) atoms. The number of aryl methyl sites for hydroxylation is 1. The van der Waals surface area contributed by atoms with E-state index in [1.54, 1.807) is 0 Å². The Bertz CT molecular complexity index is 527. The van der Waals surface area contributed by atoms with E-state index in [-0.39, 0.29) is 12.4 Å². The highest BCUT2D eigenvalue weighted by Gasteiger charge is 2.24. The number of pyridine rings is 1. The largest absolute Gasteiger partial charge is 0.314 e. The average molecular weight is 294 g/mol. The van der Waals surface area contributed by atoms with Gasteiger partial charge in [0, 0.05) is 57.9 Å². The van der Waals surface area contributed by atoms with E-state index in [0.29, 0.717) is 6.04 Å². The lowest BCUT2D eigenvalue weighted by molar-refractivity contribution is 0.150. The molecule has 108 valence electrons. The van der Waals surface area contributed by atoms with E-state index in [4.69, 9.17) is 0 Å². The van der Waals surface area contributed by atoms with E-state index in [2.05, 4.69) is 38.5 Å². The van der Waals surface area contributed by atoms with Crippen LogP contribution in [0.2, 0.25) is 0 Å². The fraction of sp³-hybridized carbons (Fsp3) is 0.429. The molecule has 1 aliphatic heterocycles. The Hall–Kier alpha value is -1.43. The monoisotopic (exact) mass is 293 g/mol. The molecule has 0 radical (unpaired) electrons. The number of rotatable bonds is 3. The molecule has 1 aliphatic rings. The van der Waals surface area contributed by atoms with E-state index < -0.39 is 0 Å². The number of hydrogen-bond donors (Lipinski definition) is 1. The second kappa shape index (κ2) is 6.83. The van der Waals surface area contributed by atoms with Crippen LogP contribution >= 0.6 is 12.4 Å². The van der Waals surface area contributed by atoms with Gasteiger partial charge in [0.15, 0.2) is 0 Å². The lowest BCUT2D eigenvalue weighted by Gasteiger charge is -2.36. The lowest BCUT2D eigenvalue weighted by Crippen LogP contribution is -2.45. The van der Waals surface area contributed by atoms with Gasteiger partial charge in [-0.15, -0.1) is 12.4 Å². The lowest BCUT2D eigenvalue weighted by atomic mass is 10.0. The van der Waals surface area contributed by atoms with Gasteiger partial charge in [-0.25, -0.2) is 0 Å². The molecule has 0 aromatic carbocycles. The molecule has 0 amide bonds. The molecule has 1 saturated heterocycles. The second-order valence-electron chi connectivity index (χ2n) is 4.92. The van der Waals surface area contributed by atoms with Crippen molar-refractivity contribution in [1.29, 1.82) is 0 Å². The molecule has 1 fully saturated rings. The van der Waals surface area contributed by atoms with Gasteiger partial charge in [0.05, 0.1) is 5.69 Å². The number of aromatic nitrogens is 3. The number of hydrogen-bond acceptors (Lipinski definition) is 4. The molecule has 6 heteroatoms. The molecule has 3 rings (SSSR count). The molecule has 2 aromatic heterocycles. The van der Waals surface area contributed by atoms with Crippen LogP contribution in [0.5, 0.6) is 0 Å². The third-order valence-electron chi connectivity index (χ3n) is 3.73. The maximum Gasteiger partial charge on any atom is 0.0521 e. The zero-order valence-electron chi connectivity index (χ0n) is 11.6. The highest BCUT2D eigenvalue weighted by molar-refractivity contribution is 5.85. The highest BCUT2D eigenvalue weighted by atomic mass is 35.5. The quantitative estimate of drug-likeness (QED) is 0.929. The third-order valence-corrected chi connectivity index (χ3v) is 3.73. The van der Waals surface area contributed by atoms with Crippen molar-refractivity contribution >= 4 is 12.4 Å². The predicted octanol–water partition coefficient (Wildman–Crippen LogP) is 1.38. The van der Waals surface area contributed by atoms with Crippen molar-refractivity contribution in [2.75, 3.05) is 19.6 Å². The first kappa shape index (κ1) is 15.0. The summed E-state index contributed by atoms with van der Waals surface area (Å²) in [5.74, 6) is 0. The zero-order chi connectivity index (χ0) is 13.1. The first-order chi connectivity index (χ1) is 9.34. The smallest absolute Gasteiger partial charge is 0.0521 e. The number of halogens is 1. The fourth-order valence-corrected chi connectivity index (χ4v) is 2.61. The van der Waals surface area contributed by atoms with Crippen LogP contribution in [0.25, 0.3) is 0 Å². The van der Waals surface area contributed by atoms with Crippen LogP contribution in [0.3, 0.4) is 0 Å². The summed E-state index contributed by atoms with van der Waals surface area (Å²) >= 11 is 0. The van der Waals surface area contributed by atoms with Crippen LogP contribution in [-0.2, 0) is 13.6 Å². The fourth-order valence-electron chi connectivity index (χ4n) is 2.61. The maximum absolute atomic E-state index is 4.24. The van der Waals surface area contributed by atoms with Gasteiger partial charge in [-0.1, -0.05) is 0 Å². The Morgan fingerprint density at radius 2 is 2.05 bits per heavy atom. The maximum atomic E-state index is 4.24. The molecule has 1 atom stereocenters. The van der Waals surface area contributed by atoms with Crippen LogP contribution in [0.15, 0.2) is 36.8 Å². The van der Waals surface area contributed by atoms with E-state index >= 15 is 0 Å². The second-order valence-corrected chi connectivity index (χ2v) is 4.92. The Balaban J connectivity index is 0.00000147. The summed E-state index contributed by atoms with van der Waals surface area (Å²) in [7, 11) is 2.00. The highest BCUT2D eigenvalue weighted by Crippen LogP contribution is 2.23. The van der Waals surface area contributed by atoms with Gasteiger partial charge in [0.1, 0.15) is 0 Å². The summed E-state index contributed by atoms with van der Waals surface area (Å²) < 4.78 is 1.95. The predicted molar refractivity (Wildman–Crippen MR) is 80.7 cm³/mol. The minimum atomic E-state index is 0. The molecule has 0 bridgehead atoms. The van der Waals surface area contributed by atoms with Crippen molar-refractivity contribution in [2.24, 2.45) is 7.05 Å². The van der Waals surface area contributed by atoms with Gasteiger partial charge in [0.25, 0.3) is 0 Å². The molecule has 0 saturated carbocycles. The molecular weight excluding hydrogens is 274 g/mol. The van der Waals surface area contributed by atoms with Gasteiger partial charge in [-0.2, -0.15) is 5.10 Å². The number of piperazine rings is 1. The SMILES string of the molecule is Cl.Cn1nccc1CN1CCNCC1c1ccncc1. The normalized spacial score (nSPS) is 19.6. The summed E-state index contributed by atoms with van der Waals surface area (Å²) in [4.78, 5) is 6.60. The van der Waals surface area contributed by atoms with Crippen LogP contribution in [0.4, 0.5) is 0 Å². The van der Waals surface area contributed by atoms with Crippen LogP contribution in [0, 0.1) is 0 Å². The van der Waals surface area contributed by atoms with Crippen LogP contribution in [-0.4, -0.2) is 39.3 Å². The average Bonchev–Trinajstić information content (AvgIpc) is 2.86.